The van der Waals surface area contributed by atoms with Gasteiger partial charge in [0.15, 0.2) is 0 Å². The second-order valence-corrected chi connectivity index (χ2v) is 2.47. The lowest BCUT2D eigenvalue weighted by atomic mass is 10.2. The van der Waals surface area contributed by atoms with Crippen molar-refractivity contribution in [2.45, 2.75) is 18.9 Å². The summed E-state index contributed by atoms with van der Waals surface area (Å²) in [5, 5.41) is 2.92. The second-order valence-electron chi connectivity index (χ2n) is 2.13. The van der Waals surface area contributed by atoms with Crippen molar-refractivity contribution in [1.29, 1.82) is 0 Å². The molecule has 1 N–H and O–H groups in total. The van der Waals surface area contributed by atoms with E-state index >= 15 is 0 Å². The second kappa shape index (κ2) is 3.64. The molecule has 1 aliphatic rings. The first kappa shape index (κ1) is 7.63. The number of nitrogens with one attached hydrogen (secondary N) is 1. The number of hydrogen-bond donors (Lipinski definition) is 1. The molecule has 0 saturated carbocycles. The van der Waals surface area contributed by atoms with Crippen LogP contribution in [0.5, 0.6) is 0 Å². The first-order chi connectivity index (χ1) is 4.84. The fourth-order valence-electron chi connectivity index (χ4n) is 0.986. The molecule has 0 amide bonds. The van der Waals surface area contributed by atoms with Crippen molar-refractivity contribution < 1.29 is 13.9 Å². The molecule has 1 rings (SSSR count). The van der Waals surface area contributed by atoms with Crippen LogP contribution < -0.4 is 5.32 Å². The van der Waals surface area contributed by atoms with Gasteiger partial charge in [0.25, 0.3) is 0 Å². The molecule has 0 aromatic heterocycles. The van der Waals surface area contributed by atoms with Crippen molar-refractivity contribution in [2.24, 2.45) is 0 Å². The van der Waals surface area contributed by atoms with Gasteiger partial charge in [-0.15, -0.1) is 0 Å². The van der Waals surface area contributed by atoms with Crippen LogP contribution in [0.4, 0.5) is 0 Å². The first-order valence-corrected chi connectivity index (χ1v) is 3.84. The van der Waals surface area contributed by atoms with Crippen LogP contribution in [0.25, 0.3) is 0 Å². The molecule has 10 heavy (non-hydrogen) atoms. The lowest BCUT2D eigenvalue weighted by Gasteiger charge is -2.03. The summed E-state index contributed by atoms with van der Waals surface area (Å²) < 4.78 is 14.0. The zero-order valence-electron chi connectivity index (χ0n) is 5.37. The SMILES string of the molecule is O=POC(=O)[C@@H]1CCCN1. The van der Waals surface area contributed by atoms with Crippen LogP contribution >= 0.6 is 8.69 Å². The molecule has 56 valence electrons. The summed E-state index contributed by atoms with van der Waals surface area (Å²) in [6.45, 7) is 0.843. The zero-order chi connectivity index (χ0) is 7.40. The van der Waals surface area contributed by atoms with Crippen LogP contribution in [0.3, 0.4) is 0 Å². The minimum Gasteiger partial charge on any atom is -0.372 e. The van der Waals surface area contributed by atoms with E-state index in [2.05, 4.69) is 9.84 Å². The van der Waals surface area contributed by atoms with Gasteiger partial charge in [-0.25, -0.2) is 9.36 Å². The van der Waals surface area contributed by atoms with E-state index < -0.39 is 14.7 Å². The van der Waals surface area contributed by atoms with Crippen molar-refractivity contribution in [3.05, 3.63) is 0 Å². The first-order valence-electron chi connectivity index (χ1n) is 3.11. The van der Waals surface area contributed by atoms with E-state index in [4.69, 9.17) is 0 Å². The lowest BCUT2D eigenvalue weighted by molar-refractivity contribution is -0.135. The molecule has 1 fully saturated rings. The Balaban J connectivity index is 2.32. The minimum absolute atomic E-state index is 0.235. The van der Waals surface area contributed by atoms with E-state index in [0.29, 0.717) is 0 Å². The Morgan fingerprint density at radius 2 is 2.50 bits per heavy atom. The van der Waals surface area contributed by atoms with Gasteiger partial charge in [-0.3, -0.25) is 0 Å². The molecule has 1 atom stereocenters. The van der Waals surface area contributed by atoms with Crippen LogP contribution in [0.2, 0.25) is 0 Å². The Kier molecular flexibility index (Phi) is 2.78. The summed E-state index contributed by atoms with van der Waals surface area (Å²) in [5.41, 5.74) is 0. The summed E-state index contributed by atoms with van der Waals surface area (Å²) in [7, 11) is -0.559. The van der Waals surface area contributed by atoms with Gasteiger partial charge in [-0.2, -0.15) is 0 Å². The zero-order valence-corrected chi connectivity index (χ0v) is 6.27. The van der Waals surface area contributed by atoms with Gasteiger partial charge < -0.3 is 9.84 Å². The van der Waals surface area contributed by atoms with E-state index in [1.807, 2.05) is 0 Å². The van der Waals surface area contributed by atoms with Crippen molar-refractivity contribution >= 4 is 14.7 Å². The van der Waals surface area contributed by atoms with E-state index in [1.54, 1.807) is 0 Å². The average molecular weight is 161 g/mol. The Morgan fingerprint density at radius 1 is 1.70 bits per heavy atom. The molecule has 0 aromatic carbocycles. The fraction of sp³-hybridized carbons (Fsp3) is 0.800. The average Bonchev–Trinajstić information content (AvgIpc) is 2.38. The molecule has 0 spiro atoms. The summed E-state index contributed by atoms with van der Waals surface area (Å²) >= 11 is 0. The smallest absolute Gasteiger partial charge is 0.372 e. The van der Waals surface area contributed by atoms with Gasteiger partial charge >= 0.3 is 14.7 Å². The van der Waals surface area contributed by atoms with Gasteiger partial charge in [0.2, 0.25) is 0 Å². The third kappa shape index (κ3) is 1.75. The Hall–Kier alpha value is -0.470. The molecule has 0 bridgehead atoms. The number of rotatable bonds is 2. The van der Waals surface area contributed by atoms with Crippen LogP contribution in [0.1, 0.15) is 12.8 Å². The molecular weight excluding hydrogens is 153 g/mol. The fourth-order valence-corrected chi connectivity index (χ4v) is 1.19. The van der Waals surface area contributed by atoms with Crippen molar-refractivity contribution in [2.75, 3.05) is 6.54 Å². The Morgan fingerprint density at radius 3 is 3.00 bits per heavy atom. The van der Waals surface area contributed by atoms with E-state index in [1.165, 1.54) is 0 Å². The normalized spacial score (nSPS) is 25.0. The van der Waals surface area contributed by atoms with Gasteiger partial charge in [0.05, 0.1) is 0 Å². The molecule has 4 nitrogen and oxygen atoms in total. The molecular formula is C5H8NO3P. The van der Waals surface area contributed by atoms with Crippen molar-refractivity contribution in [3.63, 3.8) is 0 Å². The van der Waals surface area contributed by atoms with Crippen molar-refractivity contribution in [1.82, 2.24) is 5.32 Å². The van der Waals surface area contributed by atoms with Gasteiger partial charge in [-0.05, 0) is 19.4 Å². The highest BCUT2D eigenvalue weighted by Crippen LogP contribution is 2.09. The maximum atomic E-state index is 10.8. The molecule has 0 unspecified atom stereocenters. The summed E-state index contributed by atoms with van der Waals surface area (Å²) in [6, 6.07) is -0.235. The monoisotopic (exact) mass is 161 g/mol. The molecule has 0 aliphatic carbocycles. The molecule has 1 saturated heterocycles. The molecule has 0 radical (unpaired) electrons. The third-order valence-electron chi connectivity index (χ3n) is 1.47. The highest BCUT2D eigenvalue weighted by molar-refractivity contribution is 7.18. The maximum absolute atomic E-state index is 10.8. The van der Waals surface area contributed by atoms with Crippen molar-refractivity contribution in [3.8, 4) is 0 Å². The largest absolute Gasteiger partial charge is 0.398 e. The molecule has 0 aromatic rings. The topological polar surface area (TPSA) is 55.4 Å². The van der Waals surface area contributed by atoms with Crippen LogP contribution in [-0.2, 0) is 13.9 Å². The van der Waals surface area contributed by atoms with Crippen LogP contribution in [0.15, 0.2) is 0 Å². The predicted octanol–water partition coefficient (Wildman–Crippen LogP) is 0.488. The predicted molar refractivity (Wildman–Crippen MR) is 34.7 cm³/mol. The Bertz CT molecular complexity index is 144. The number of hydrogen-bond acceptors (Lipinski definition) is 4. The Labute approximate surface area is 60.2 Å². The minimum atomic E-state index is -0.559. The molecule has 1 heterocycles. The van der Waals surface area contributed by atoms with Gasteiger partial charge in [-0.1, -0.05) is 0 Å². The summed E-state index contributed by atoms with van der Waals surface area (Å²) in [4.78, 5) is 10.8. The maximum Gasteiger partial charge on any atom is 0.398 e. The van der Waals surface area contributed by atoms with Gasteiger partial charge in [0.1, 0.15) is 6.04 Å². The van der Waals surface area contributed by atoms with Crippen LogP contribution in [0, 0.1) is 0 Å². The highest BCUT2D eigenvalue weighted by atomic mass is 31.1. The van der Waals surface area contributed by atoms with Gasteiger partial charge in [0, 0.05) is 0 Å². The quantitative estimate of drug-likeness (QED) is 0.598. The van der Waals surface area contributed by atoms with E-state index in [9.17, 15) is 9.36 Å². The lowest BCUT2D eigenvalue weighted by Crippen LogP contribution is -2.30. The number of carbonyl (C=O) groups excluding carboxylic acids is 1. The van der Waals surface area contributed by atoms with Crippen LogP contribution in [-0.4, -0.2) is 18.6 Å². The number of carbonyl (C=O) groups is 1. The standard InChI is InChI=1S/C5H8NO3P/c7-5(9-10-8)4-2-1-3-6-4/h4,6H,1-3H2/t4-/m0/s1. The summed E-state index contributed by atoms with van der Waals surface area (Å²) in [6.07, 6.45) is 1.77. The van der Waals surface area contributed by atoms with E-state index in [-0.39, 0.29) is 6.04 Å². The molecule has 5 heteroatoms. The third-order valence-corrected chi connectivity index (χ3v) is 1.73. The molecule has 1 aliphatic heterocycles. The summed E-state index contributed by atoms with van der Waals surface area (Å²) in [5.74, 6) is -0.422. The highest BCUT2D eigenvalue weighted by Gasteiger charge is 2.23. The van der Waals surface area contributed by atoms with E-state index in [0.717, 1.165) is 19.4 Å².